The molecular formula is C28H26Cl2N2O3. The van der Waals surface area contributed by atoms with Gasteiger partial charge in [-0.15, -0.1) is 0 Å². The maximum atomic E-state index is 13.9. The van der Waals surface area contributed by atoms with Crippen molar-refractivity contribution in [1.29, 1.82) is 0 Å². The van der Waals surface area contributed by atoms with E-state index in [1.165, 1.54) is 12.1 Å². The van der Waals surface area contributed by atoms with Crippen molar-refractivity contribution < 1.29 is 14.4 Å². The molecule has 7 heteroatoms. The first-order valence-corrected chi connectivity index (χ1v) is 12.4. The standard InChI is InChI=1S/C28H26Cl2N2O3/c1-26(2)27(3)13-14-28(26,25(34)31-22-10-6-8-17-7-4-5-9-19(17)22)16-23(27)32-35-24(33)20-12-11-18(29)15-21(20)30/h4-12,15H,13-14,16H2,1-3H3,(H,31,34). The number of rotatable bonds is 4. The first-order valence-electron chi connectivity index (χ1n) is 11.6. The molecule has 3 aromatic rings. The zero-order valence-electron chi connectivity index (χ0n) is 19.8. The summed E-state index contributed by atoms with van der Waals surface area (Å²) in [5.41, 5.74) is 0.269. The Labute approximate surface area is 214 Å². The summed E-state index contributed by atoms with van der Waals surface area (Å²) in [6, 6.07) is 18.5. The van der Waals surface area contributed by atoms with Crippen LogP contribution < -0.4 is 5.32 Å². The Kier molecular flexibility index (Phi) is 5.69. The zero-order chi connectivity index (χ0) is 25.0. The highest BCUT2D eigenvalue weighted by Gasteiger charge is 2.71. The van der Waals surface area contributed by atoms with Gasteiger partial charge in [0.25, 0.3) is 0 Å². The van der Waals surface area contributed by atoms with Crippen molar-refractivity contribution in [2.75, 3.05) is 5.32 Å². The molecule has 35 heavy (non-hydrogen) atoms. The summed E-state index contributed by atoms with van der Waals surface area (Å²) in [5.74, 6) is -0.683. The van der Waals surface area contributed by atoms with Gasteiger partial charge in [0.2, 0.25) is 5.91 Å². The molecule has 0 radical (unpaired) electrons. The number of hydrogen-bond donors (Lipinski definition) is 1. The molecule has 2 unspecified atom stereocenters. The lowest BCUT2D eigenvalue weighted by molar-refractivity contribution is -0.130. The number of benzene rings is 3. The SMILES string of the molecule is CC12CCC(C(=O)Nc3cccc4ccccc34)(CC1=NOC(=O)c1ccc(Cl)cc1Cl)C2(C)C. The average molecular weight is 509 g/mol. The van der Waals surface area contributed by atoms with Crippen LogP contribution in [-0.4, -0.2) is 17.6 Å². The van der Waals surface area contributed by atoms with Gasteiger partial charge in [-0.25, -0.2) is 4.79 Å². The van der Waals surface area contributed by atoms with E-state index in [4.69, 9.17) is 28.0 Å². The van der Waals surface area contributed by atoms with Gasteiger partial charge in [0.1, 0.15) is 0 Å². The number of anilines is 1. The molecule has 0 saturated heterocycles. The van der Waals surface area contributed by atoms with Crippen LogP contribution in [0.15, 0.2) is 65.8 Å². The van der Waals surface area contributed by atoms with Crippen LogP contribution in [0.5, 0.6) is 0 Å². The molecule has 0 aliphatic heterocycles. The highest BCUT2D eigenvalue weighted by molar-refractivity contribution is 6.36. The summed E-state index contributed by atoms with van der Waals surface area (Å²) in [7, 11) is 0. The number of oxime groups is 1. The molecule has 3 aromatic carbocycles. The van der Waals surface area contributed by atoms with Gasteiger partial charge in [0.15, 0.2) is 0 Å². The van der Waals surface area contributed by atoms with E-state index >= 15 is 0 Å². The summed E-state index contributed by atoms with van der Waals surface area (Å²) in [6.45, 7) is 6.33. The molecule has 0 aromatic heterocycles. The van der Waals surface area contributed by atoms with Gasteiger partial charge in [-0.2, -0.15) is 0 Å². The van der Waals surface area contributed by atoms with E-state index in [0.29, 0.717) is 11.4 Å². The fourth-order valence-electron chi connectivity index (χ4n) is 5.90. The van der Waals surface area contributed by atoms with Gasteiger partial charge < -0.3 is 10.2 Å². The van der Waals surface area contributed by atoms with E-state index in [1.807, 2.05) is 42.5 Å². The minimum absolute atomic E-state index is 0.0279. The van der Waals surface area contributed by atoms with Crippen molar-refractivity contribution in [1.82, 2.24) is 0 Å². The van der Waals surface area contributed by atoms with Crippen LogP contribution in [0, 0.1) is 16.2 Å². The third kappa shape index (κ3) is 3.56. The lowest BCUT2D eigenvalue weighted by Crippen LogP contribution is -2.43. The fourth-order valence-corrected chi connectivity index (χ4v) is 6.39. The second kappa shape index (κ2) is 8.35. The number of nitrogens with one attached hydrogen (secondary N) is 1. The van der Waals surface area contributed by atoms with Crippen molar-refractivity contribution in [3.63, 3.8) is 0 Å². The van der Waals surface area contributed by atoms with Gasteiger partial charge in [0.05, 0.1) is 21.7 Å². The Morgan fingerprint density at radius 2 is 1.71 bits per heavy atom. The molecule has 5 nitrogen and oxygen atoms in total. The third-order valence-corrected chi connectivity index (χ3v) is 9.14. The molecule has 1 amide bonds. The van der Waals surface area contributed by atoms with Crippen molar-refractivity contribution in [2.24, 2.45) is 21.4 Å². The van der Waals surface area contributed by atoms with E-state index in [2.05, 4.69) is 31.2 Å². The summed E-state index contributed by atoms with van der Waals surface area (Å²) in [5, 5.41) is 10.2. The van der Waals surface area contributed by atoms with Crippen molar-refractivity contribution in [3.05, 3.63) is 76.3 Å². The predicted molar refractivity (Wildman–Crippen MR) is 140 cm³/mol. The monoisotopic (exact) mass is 508 g/mol. The van der Waals surface area contributed by atoms with Gasteiger partial charge >= 0.3 is 5.97 Å². The van der Waals surface area contributed by atoms with Gasteiger partial charge in [0, 0.05) is 27.9 Å². The van der Waals surface area contributed by atoms with Crippen LogP contribution >= 0.6 is 23.2 Å². The van der Waals surface area contributed by atoms with Gasteiger partial charge in [-0.05, 0) is 47.9 Å². The van der Waals surface area contributed by atoms with Crippen LogP contribution in [0.3, 0.4) is 0 Å². The number of fused-ring (bicyclic) bond motifs is 3. The number of nitrogens with zero attached hydrogens (tertiary/aromatic N) is 1. The Bertz CT molecular complexity index is 1390. The number of hydrogen-bond acceptors (Lipinski definition) is 4. The molecule has 1 N–H and O–H groups in total. The number of amides is 1. The molecule has 2 bridgehead atoms. The van der Waals surface area contributed by atoms with E-state index in [0.717, 1.165) is 35.0 Å². The van der Waals surface area contributed by atoms with E-state index in [-0.39, 0.29) is 21.9 Å². The molecule has 2 atom stereocenters. The predicted octanol–water partition coefficient (Wildman–Crippen LogP) is 7.51. The lowest BCUT2D eigenvalue weighted by Gasteiger charge is -2.39. The highest BCUT2D eigenvalue weighted by Crippen LogP contribution is 2.71. The van der Waals surface area contributed by atoms with Crippen LogP contribution in [0.4, 0.5) is 5.69 Å². The molecular weight excluding hydrogens is 483 g/mol. The van der Waals surface area contributed by atoms with Crippen LogP contribution in [0.1, 0.15) is 50.4 Å². The van der Waals surface area contributed by atoms with Crippen molar-refractivity contribution >= 4 is 57.2 Å². The molecule has 2 aliphatic rings. The van der Waals surface area contributed by atoms with Gasteiger partial charge in [-0.3, -0.25) is 4.79 Å². The second-order valence-electron chi connectivity index (χ2n) is 10.2. The normalized spacial score (nSPS) is 25.7. The Morgan fingerprint density at radius 3 is 2.49 bits per heavy atom. The van der Waals surface area contributed by atoms with Crippen molar-refractivity contribution in [3.8, 4) is 0 Å². The number of halogens is 2. The first kappa shape index (κ1) is 23.8. The molecule has 180 valence electrons. The maximum Gasteiger partial charge on any atom is 0.367 e. The first-order chi connectivity index (χ1) is 16.6. The Balaban J connectivity index is 1.43. The Hall–Kier alpha value is -2.89. The summed E-state index contributed by atoms with van der Waals surface area (Å²) >= 11 is 12.1. The third-order valence-electron chi connectivity index (χ3n) is 8.60. The summed E-state index contributed by atoms with van der Waals surface area (Å²) in [6.07, 6.45) is 1.94. The largest absolute Gasteiger partial charge is 0.367 e. The molecule has 0 spiro atoms. The van der Waals surface area contributed by atoms with Crippen LogP contribution in [0.2, 0.25) is 10.0 Å². The molecule has 2 aliphatic carbocycles. The van der Waals surface area contributed by atoms with E-state index < -0.39 is 16.8 Å². The Morgan fingerprint density at radius 1 is 0.971 bits per heavy atom. The molecule has 2 fully saturated rings. The molecule has 2 saturated carbocycles. The van der Waals surface area contributed by atoms with Gasteiger partial charge in [-0.1, -0.05) is 85.5 Å². The maximum absolute atomic E-state index is 13.9. The minimum atomic E-state index is -0.665. The quantitative estimate of drug-likeness (QED) is 0.292. The number of carbonyl (C=O) groups is 2. The highest BCUT2D eigenvalue weighted by atomic mass is 35.5. The number of carbonyl (C=O) groups excluding carboxylic acids is 2. The second-order valence-corrected chi connectivity index (χ2v) is 11.1. The minimum Gasteiger partial charge on any atom is -0.325 e. The van der Waals surface area contributed by atoms with E-state index in [9.17, 15) is 9.59 Å². The molecule has 5 rings (SSSR count). The summed E-state index contributed by atoms with van der Waals surface area (Å²) < 4.78 is 0. The van der Waals surface area contributed by atoms with E-state index in [1.54, 1.807) is 6.07 Å². The zero-order valence-corrected chi connectivity index (χ0v) is 21.3. The fraction of sp³-hybridized carbons (Fsp3) is 0.321. The lowest BCUT2D eigenvalue weighted by atomic mass is 9.64. The average Bonchev–Trinajstić information content (AvgIpc) is 3.13. The molecule has 0 heterocycles. The van der Waals surface area contributed by atoms with Crippen molar-refractivity contribution in [2.45, 2.75) is 40.0 Å². The smallest absolute Gasteiger partial charge is 0.325 e. The van der Waals surface area contributed by atoms with Crippen LogP contribution in [-0.2, 0) is 9.63 Å². The summed E-state index contributed by atoms with van der Waals surface area (Å²) in [4.78, 5) is 31.9. The van der Waals surface area contributed by atoms with Crippen LogP contribution in [0.25, 0.3) is 10.8 Å². The topological polar surface area (TPSA) is 67.8 Å².